The first-order chi connectivity index (χ1) is 8.00. The summed E-state index contributed by atoms with van der Waals surface area (Å²) in [6.07, 6.45) is 1.66. The molecule has 0 amide bonds. The van der Waals surface area contributed by atoms with Gasteiger partial charge in [0, 0.05) is 27.2 Å². The van der Waals surface area contributed by atoms with Gasteiger partial charge in [0.2, 0.25) is 5.95 Å². The molecule has 2 N–H and O–H groups in total. The molecule has 2 heterocycles. The molecule has 0 saturated heterocycles. The molecule has 2 rings (SSSR count). The zero-order chi connectivity index (χ0) is 12.6. The third kappa shape index (κ3) is 1.86. The van der Waals surface area contributed by atoms with Crippen LogP contribution < -0.4 is 4.90 Å². The Morgan fingerprint density at radius 2 is 2.24 bits per heavy atom. The first-order valence-electron chi connectivity index (χ1n) is 4.99. The van der Waals surface area contributed by atoms with Crippen LogP contribution in [0.3, 0.4) is 0 Å². The number of aromatic amines is 1. The average molecular weight is 235 g/mol. The quantitative estimate of drug-likeness (QED) is 0.812. The van der Waals surface area contributed by atoms with Gasteiger partial charge in [0.1, 0.15) is 11.4 Å². The van der Waals surface area contributed by atoms with Gasteiger partial charge >= 0.3 is 5.97 Å². The second kappa shape index (κ2) is 3.93. The molecule has 0 fully saturated rings. The molecule has 2 aromatic rings. The van der Waals surface area contributed by atoms with Gasteiger partial charge in [-0.05, 0) is 0 Å². The Balaban J connectivity index is 2.43. The molecule has 2 aromatic heterocycles. The fraction of sp³-hybridized carbons (Fsp3) is 0.300. The highest BCUT2D eigenvalue weighted by molar-refractivity contribution is 5.86. The van der Waals surface area contributed by atoms with Crippen molar-refractivity contribution in [2.75, 3.05) is 19.0 Å². The lowest BCUT2D eigenvalue weighted by molar-refractivity contribution is 0.0690. The molecule has 0 radical (unpaired) electrons. The lowest BCUT2D eigenvalue weighted by Crippen LogP contribution is -2.14. The van der Waals surface area contributed by atoms with Crippen LogP contribution in [0.2, 0.25) is 0 Å². The number of carbonyl (C=O) groups is 1. The number of rotatable bonds is 3. The summed E-state index contributed by atoms with van der Waals surface area (Å²) in [5, 5.41) is 15.2. The molecule has 0 aromatic carbocycles. The largest absolute Gasteiger partial charge is 0.477 e. The Kier molecular flexibility index (Phi) is 2.58. The number of nitrogens with one attached hydrogen (secondary N) is 1. The molecular weight excluding hydrogens is 222 g/mol. The maximum absolute atomic E-state index is 10.7. The minimum absolute atomic E-state index is 0.0626. The van der Waals surface area contributed by atoms with E-state index in [0.717, 1.165) is 11.6 Å². The van der Waals surface area contributed by atoms with Crippen LogP contribution in [0.15, 0.2) is 12.3 Å². The minimum atomic E-state index is -1.03. The van der Waals surface area contributed by atoms with Crippen molar-refractivity contribution < 1.29 is 9.90 Å². The lowest BCUT2D eigenvalue weighted by atomic mass is 10.3. The molecule has 0 aliphatic carbocycles. The first kappa shape index (κ1) is 11.2. The predicted molar refractivity (Wildman–Crippen MR) is 62.1 cm³/mol. The average Bonchev–Trinajstić information content (AvgIpc) is 2.82. The van der Waals surface area contributed by atoms with Crippen LogP contribution in [0.25, 0.3) is 11.4 Å². The van der Waals surface area contributed by atoms with Gasteiger partial charge in [0.05, 0.1) is 11.9 Å². The van der Waals surface area contributed by atoms with E-state index in [0.29, 0.717) is 5.69 Å². The van der Waals surface area contributed by atoms with Crippen molar-refractivity contribution in [2.24, 2.45) is 7.05 Å². The van der Waals surface area contributed by atoms with Crippen LogP contribution in [-0.4, -0.2) is 44.9 Å². The minimum Gasteiger partial charge on any atom is -0.477 e. The van der Waals surface area contributed by atoms with Crippen LogP contribution in [0.1, 0.15) is 10.5 Å². The van der Waals surface area contributed by atoms with Crippen molar-refractivity contribution in [1.29, 1.82) is 0 Å². The second-order valence-corrected chi connectivity index (χ2v) is 3.87. The number of hydrogen-bond acceptors (Lipinski definition) is 4. The van der Waals surface area contributed by atoms with Gasteiger partial charge in [-0.3, -0.25) is 5.10 Å². The van der Waals surface area contributed by atoms with E-state index in [9.17, 15) is 4.79 Å². The Bertz CT molecular complexity index is 555. The Labute approximate surface area is 97.7 Å². The van der Waals surface area contributed by atoms with E-state index < -0.39 is 5.97 Å². The summed E-state index contributed by atoms with van der Waals surface area (Å²) in [6, 6.07) is 1.48. The van der Waals surface area contributed by atoms with Gasteiger partial charge in [0.25, 0.3) is 0 Å². The van der Waals surface area contributed by atoms with E-state index >= 15 is 0 Å². The van der Waals surface area contributed by atoms with E-state index in [-0.39, 0.29) is 5.69 Å². The Morgan fingerprint density at radius 3 is 2.71 bits per heavy atom. The smallest absolute Gasteiger partial charge is 0.353 e. The number of carboxylic acid groups (broad SMARTS) is 1. The number of nitrogens with zero attached hydrogens (tertiary/aromatic N) is 4. The molecule has 0 saturated carbocycles. The number of aromatic nitrogens is 4. The van der Waals surface area contributed by atoms with Gasteiger partial charge in [0.15, 0.2) is 0 Å². The van der Waals surface area contributed by atoms with E-state index in [2.05, 4.69) is 15.2 Å². The van der Waals surface area contributed by atoms with Gasteiger partial charge in [-0.2, -0.15) is 5.10 Å². The van der Waals surface area contributed by atoms with Gasteiger partial charge in [-0.25, -0.2) is 9.78 Å². The highest BCUT2D eigenvalue weighted by atomic mass is 16.4. The third-order valence-electron chi connectivity index (χ3n) is 2.43. The van der Waals surface area contributed by atoms with E-state index in [1.807, 2.05) is 30.6 Å². The van der Waals surface area contributed by atoms with Crippen molar-refractivity contribution in [1.82, 2.24) is 19.7 Å². The van der Waals surface area contributed by atoms with Gasteiger partial charge in [-0.1, -0.05) is 0 Å². The lowest BCUT2D eigenvalue weighted by Gasteiger charge is -2.11. The summed E-state index contributed by atoms with van der Waals surface area (Å²) in [6.45, 7) is 0. The Hall–Kier alpha value is -2.31. The molecule has 0 unspecified atom stereocenters. The van der Waals surface area contributed by atoms with Crippen LogP contribution in [0.4, 0.5) is 5.95 Å². The fourth-order valence-corrected chi connectivity index (χ4v) is 1.62. The molecule has 90 valence electrons. The first-order valence-corrected chi connectivity index (χ1v) is 4.99. The fourth-order valence-electron chi connectivity index (χ4n) is 1.62. The van der Waals surface area contributed by atoms with Crippen molar-refractivity contribution in [3.8, 4) is 11.4 Å². The highest BCUT2D eigenvalue weighted by Crippen LogP contribution is 2.21. The van der Waals surface area contributed by atoms with Crippen molar-refractivity contribution in [3.05, 3.63) is 18.0 Å². The zero-order valence-electron chi connectivity index (χ0n) is 9.80. The normalized spacial score (nSPS) is 10.5. The third-order valence-corrected chi connectivity index (χ3v) is 2.43. The van der Waals surface area contributed by atoms with Gasteiger partial charge < -0.3 is 14.6 Å². The number of carboxylic acids is 1. The van der Waals surface area contributed by atoms with Crippen LogP contribution in [-0.2, 0) is 7.05 Å². The van der Waals surface area contributed by atoms with E-state index in [1.54, 1.807) is 6.20 Å². The number of hydrogen-bond donors (Lipinski definition) is 2. The second-order valence-electron chi connectivity index (χ2n) is 3.87. The monoisotopic (exact) mass is 235 g/mol. The zero-order valence-corrected chi connectivity index (χ0v) is 9.80. The van der Waals surface area contributed by atoms with E-state index in [4.69, 9.17) is 5.11 Å². The highest BCUT2D eigenvalue weighted by Gasteiger charge is 2.14. The molecular formula is C10H13N5O2. The molecule has 0 aliphatic rings. The van der Waals surface area contributed by atoms with Crippen molar-refractivity contribution in [3.63, 3.8) is 0 Å². The summed E-state index contributed by atoms with van der Waals surface area (Å²) < 4.78 is 1.85. The standard InChI is InChI=1S/C10H13N5O2/c1-14(2)10-11-5-8(15(10)3)6-4-7(9(16)17)13-12-6/h4-5H,1-3H3,(H,12,13)(H,16,17). The van der Waals surface area contributed by atoms with Crippen LogP contribution in [0.5, 0.6) is 0 Å². The number of H-pyrrole nitrogens is 1. The Morgan fingerprint density at radius 1 is 1.53 bits per heavy atom. The molecule has 0 bridgehead atoms. The summed E-state index contributed by atoms with van der Waals surface area (Å²) in [4.78, 5) is 16.8. The van der Waals surface area contributed by atoms with E-state index in [1.165, 1.54) is 6.07 Å². The summed E-state index contributed by atoms with van der Waals surface area (Å²) in [7, 11) is 5.63. The van der Waals surface area contributed by atoms with Crippen LogP contribution >= 0.6 is 0 Å². The van der Waals surface area contributed by atoms with Gasteiger partial charge in [-0.15, -0.1) is 0 Å². The molecule has 7 nitrogen and oxygen atoms in total. The summed E-state index contributed by atoms with van der Waals surface area (Å²) >= 11 is 0. The summed E-state index contributed by atoms with van der Waals surface area (Å²) in [5.74, 6) is -0.251. The van der Waals surface area contributed by atoms with Crippen molar-refractivity contribution in [2.45, 2.75) is 0 Å². The molecule has 7 heteroatoms. The van der Waals surface area contributed by atoms with Crippen molar-refractivity contribution >= 4 is 11.9 Å². The topological polar surface area (TPSA) is 87.0 Å². The SMILES string of the molecule is CN(C)c1ncc(-c2cc(C(=O)O)[nH]n2)n1C. The molecule has 0 atom stereocenters. The molecule has 0 spiro atoms. The number of imidazole rings is 1. The van der Waals surface area contributed by atoms with Crippen LogP contribution in [0, 0.1) is 0 Å². The number of anilines is 1. The molecule has 17 heavy (non-hydrogen) atoms. The molecule has 0 aliphatic heterocycles. The maximum Gasteiger partial charge on any atom is 0.353 e. The maximum atomic E-state index is 10.7. The predicted octanol–water partition coefficient (Wildman–Crippen LogP) is 0.574. The summed E-state index contributed by atoms with van der Waals surface area (Å²) in [5.41, 5.74) is 1.38. The number of aromatic carboxylic acids is 1.